The number of benzene rings is 1. The van der Waals surface area contributed by atoms with Gasteiger partial charge in [0.2, 0.25) is 0 Å². The third-order valence-electron chi connectivity index (χ3n) is 3.77. The van der Waals surface area contributed by atoms with E-state index in [0.717, 1.165) is 23.2 Å². The molecule has 0 aliphatic heterocycles. The second-order valence-electron chi connectivity index (χ2n) is 6.30. The van der Waals surface area contributed by atoms with Crippen LogP contribution in [0.15, 0.2) is 55.0 Å². The molecule has 0 aliphatic carbocycles. The number of carbonyl (C=O) groups is 1. The predicted octanol–water partition coefficient (Wildman–Crippen LogP) is 4.01. The Morgan fingerprint density at radius 1 is 1.25 bits per heavy atom. The Hall–Kier alpha value is -2.82. The second-order valence-corrected chi connectivity index (χ2v) is 6.30. The van der Waals surface area contributed by atoms with Crippen molar-refractivity contribution >= 4 is 22.6 Å². The first-order chi connectivity index (χ1) is 11.6. The summed E-state index contributed by atoms with van der Waals surface area (Å²) in [7, 11) is 0. The summed E-state index contributed by atoms with van der Waals surface area (Å²) in [5, 5.41) is 6.83. The van der Waals surface area contributed by atoms with Crippen LogP contribution in [0, 0.1) is 5.92 Å². The highest BCUT2D eigenvalue weighted by molar-refractivity contribution is 5.92. The molecule has 2 aromatic heterocycles. The molecule has 0 spiro atoms. The maximum atomic E-state index is 12.0. The Morgan fingerprint density at radius 3 is 2.88 bits per heavy atom. The van der Waals surface area contributed by atoms with Crippen molar-refractivity contribution < 1.29 is 4.79 Å². The fraction of sp³-hybridized carbons (Fsp3) is 0.263. The van der Waals surface area contributed by atoms with Gasteiger partial charge in [-0.1, -0.05) is 19.9 Å². The van der Waals surface area contributed by atoms with Crippen LogP contribution >= 0.6 is 0 Å². The van der Waals surface area contributed by atoms with Gasteiger partial charge in [0.15, 0.2) is 0 Å². The zero-order valence-corrected chi connectivity index (χ0v) is 14.0. The summed E-state index contributed by atoms with van der Waals surface area (Å²) in [6.45, 7) is 5.84. The third kappa shape index (κ3) is 3.93. The molecule has 0 unspecified atom stereocenters. The minimum Gasteiger partial charge on any atom is -0.347 e. The molecule has 5 nitrogen and oxygen atoms in total. The number of urea groups is 1. The number of nitrogens with zero attached hydrogens (tertiary/aromatic N) is 2. The summed E-state index contributed by atoms with van der Waals surface area (Å²) in [6, 6.07) is 11.6. The molecule has 0 saturated carbocycles. The van der Waals surface area contributed by atoms with Crippen LogP contribution in [0.1, 0.15) is 19.4 Å². The summed E-state index contributed by atoms with van der Waals surface area (Å²) in [5.41, 5.74) is 2.94. The van der Waals surface area contributed by atoms with Crippen LogP contribution in [-0.4, -0.2) is 15.6 Å². The van der Waals surface area contributed by atoms with Gasteiger partial charge in [0.1, 0.15) is 0 Å². The van der Waals surface area contributed by atoms with Crippen LogP contribution in [-0.2, 0) is 13.1 Å². The monoisotopic (exact) mass is 322 g/mol. The molecular formula is C19H22N4O. The molecule has 1 aromatic carbocycles. The average molecular weight is 322 g/mol. The molecule has 2 heterocycles. The third-order valence-corrected chi connectivity index (χ3v) is 3.77. The van der Waals surface area contributed by atoms with Gasteiger partial charge in [-0.25, -0.2) is 4.79 Å². The maximum absolute atomic E-state index is 12.0. The topological polar surface area (TPSA) is 59.0 Å². The number of hydrogen-bond donors (Lipinski definition) is 2. The van der Waals surface area contributed by atoms with Crippen molar-refractivity contribution in [1.29, 1.82) is 0 Å². The molecule has 124 valence electrons. The zero-order chi connectivity index (χ0) is 16.9. The largest absolute Gasteiger partial charge is 0.347 e. The Labute approximate surface area is 141 Å². The van der Waals surface area contributed by atoms with Gasteiger partial charge in [-0.3, -0.25) is 4.98 Å². The molecule has 2 N–H and O–H groups in total. The highest BCUT2D eigenvalue weighted by Crippen LogP contribution is 2.21. The van der Waals surface area contributed by atoms with Crippen molar-refractivity contribution in [2.24, 2.45) is 5.92 Å². The standard InChI is InChI=1S/C19H22N4O/c1-14(2)13-23-9-7-16-10-17(5-6-18(16)23)22-19(24)21-12-15-4-3-8-20-11-15/h3-11,14H,12-13H2,1-2H3,(H2,21,22,24). The molecular weight excluding hydrogens is 300 g/mol. The molecule has 0 atom stereocenters. The minimum absolute atomic E-state index is 0.222. The first kappa shape index (κ1) is 16.1. The number of hydrogen-bond acceptors (Lipinski definition) is 2. The highest BCUT2D eigenvalue weighted by Gasteiger charge is 2.06. The smallest absolute Gasteiger partial charge is 0.319 e. The van der Waals surface area contributed by atoms with E-state index in [1.165, 1.54) is 5.52 Å². The number of anilines is 1. The number of carbonyl (C=O) groups excluding carboxylic acids is 1. The van der Waals surface area contributed by atoms with Crippen molar-refractivity contribution in [3.8, 4) is 0 Å². The summed E-state index contributed by atoms with van der Waals surface area (Å²) in [4.78, 5) is 16.1. The van der Waals surface area contributed by atoms with E-state index in [2.05, 4.69) is 52.4 Å². The van der Waals surface area contributed by atoms with E-state index in [0.29, 0.717) is 12.5 Å². The number of aromatic nitrogens is 2. The van der Waals surface area contributed by atoms with Gasteiger partial charge in [-0.2, -0.15) is 0 Å². The summed E-state index contributed by atoms with van der Waals surface area (Å²) in [5.74, 6) is 0.594. The van der Waals surface area contributed by atoms with Gasteiger partial charge < -0.3 is 15.2 Å². The van der Waals surface area contributed by atoms with Crippen LogP contribution in [0.3, 0.4) is 0 Å². The fourth-order valence-electron chi connectivity index (χ4n) is 2.69. The Balaban J connectivity index is 1.63. The number of amides is 2. The van der Waals surface area contributed by atoms with Gasteiger partial charge in [0.05, 0.1) is 0 Å². The van der Waals surface area contributed by atoms with E-state index in [9.17, 15) is 4.79 Å². The second kappa shape index (κ2) is 7.17. The fourth-order valence-corrected chi connectivity index (χ4v) is 2.69. The molecule has 24 heavy (non-hydrogen) atoms. The normalized spacial score (nSPS) is 11.0. The lowest BCUT2D eigenvalue weighted by Gasteiger charge is -2.10. The molecule has 0 bridgehead atoms. The van der Waals surface area contributed by atoms with Crippen LogP contribution in [0.4, 0.5) is 10.5 Å². The quantitative estimate of drug-likeness (QED) is 0.745. The Bertz CT molecular complexity index is 824. The number of rotatable bonds is 5. The van der Waals surface area contributed by atoms with Crippen molar-refractivity contribution in [3.05, 3.63) is 60.6 Å². The van der Waals surface area contributed by atoms with Crippen molar-refractivity contribution in [3.63, 3.8) is 0 Å². The van der Waals surface area contributed by atoms with Crippen LogP contribution < -0.4 is 10.6 Å². The molecule has 0 fully saturated rings. The predicted molar refractivity (Wildman–Crippen MR) is 96.9 cm³/mol. The van der Waals surface area contributed by atoms with E-state index in [-0.39, 0.29) is 6.03 Å². The SMILES string of the molecule is CC(C)Cn1ccc2cc(NC(=O)NCc3cccnc3)ccc21. The van der Waals surface area contributed by atoms with Crippen molar-refractivity contribution in [2.75, 3.05) is 5.32 Å². The summed E-state index contributed by atoms with van der Waals surface area (Å²) < 4.78 is 2.24. The Morgan fingerprint density at radius 2 is 2.12 bits per heavy atom. The number of fused-ring (bicyclic) bond motifs is 1. The van der Waals surface area contributed by atoms with Gasteiger partial charge in [-0.05, 0) is 41.8 Å². The van der Waals surface area contributed by atoms with Crippen molar-refractivity contribution in [2.45, 2.75) is 26.9 Å². The van der Waals surface area contributed by atoms with Crippen LogP contribution in [0.5, 0.6) is 0 Å². The maximum Gasteiger partial charge on any atom is 0.319 e. The van der Waals surface area contributed by atoms with Crippen LogP contribution in [0.2, 0.25) is 0 Å². The van der Waals surface area contributed by atoms with Gasteiger partial charge >= 0.3 is 6.03 Å². The highest BCUT2D eigenvalue weighted by atomic mass is 16.2. The lowest BCUT2D eigenvalue weighted by Crippen LogP contribution is -2.28. The molecule has 3 aromatic rings. The van der Waals surface area contributed by atoms with Gasteiger partial charge in [-0.15, -0.1) is 0 Å². The first-order valence-electron chi connectivity index (χ1n) is 8.14. The first-order valence-corrected chi connectivity index (χ1v) is 8.14. The molecule has 2 amide bonds. The molecule has 3 rings (SSSR count). The Kier molecular flexibility index (Phi) is 4.79. The average Bonchev–Trinajstić information content (AvgIpc) is 2.95. The zero-order valence-electron chi connectivity index (χ0n) is 14.0. The molecule has 5 heteroatoms. The van der Waals surface area contributed by atoms with E-state index < -0.39 is 0 Å². The van der Waals surface area contributed by atoms with Gasteiger partial charge in [0.25, 0.3) is 0 Å². The van der Waals surface area contributed by atoms with Crippen LogP contribution in [0.25, 0.3) is 10.9 Å². The molecule has 0 aliphatic rings. The minimum atomic E-state index is -0.222. The lowest BCUT2D eigenvalue weighted by molar-refractivity contribution is 0.251. The number of nitrogens with one attached hydrogen (secondary N) is 2. The van der Waals surface area contributed by atoms with Crippen molar-refractivity contribution in [1.82, 2.24) is 14.9 Å². The van der Waals surface area contributed by atoms with E-state index in [1.54, 1.807) is 12.4 Å². The summed E-state index contributed by atoms with van der Waals surface area (Å²) in [6.07, 6.45) is 5.55. The molecule has 0 radical (unpaired) electrons. The summed E-state index contributed by atoms with van der Waals surface area (Å²) >= 11 is 0. The lowest BCUT2D eigenvalue weighted by atomic mass is 10.2. The molecule has 0 saturated heterocycles. The van der Waals surface area contributed by atoms with E-state index >= 15 is 0 Å². The van der Waals surface area contributed by atoms with E-state index in [1.807, 2.05) is 24.3 Å². The van der Waals surface area contributed by atoms with E-state index in [4.69, 9.17) is 0 Å². The van der Waals surface area contributed by atoms with Gasteiger partial charge in [0, 0.05) is 48.3 Å². The number of pyridine rings is 1.